The lowest BCUT2D eigenvalue weighted by Crippen LogP contribution is -2.30. The van der Waals surface area contributed by atoms with Crippen LogP contribution < -0.4 is 10.6 Å². The predicted molar refractivity (Wildman–Crippen MR) is 109 cm³/mol. The monoisotopic (exact) mass is 391 g/mol. The Balaban J connectivity index is 1.86. The second-order valence-corrected chi connectivity index (χ2v) is 6.81. The van der Waals surface area contributed by atoms with E-state index in [1.54, 1.807) is 72.4 Å². The van der Waals surface area contributed by atoms with Crippen molar-refractivity contribution in [2.24, 2.45) is 0 Å². The SMILES string of the molecule is CC(=O)c1cccc(NC(=O)/C(=C/c2cccnc2)NC(=O)c2cccs2)c1. The summed E-state index contributed by atoms with van der Waals surface area (Å²) >= 11 is 1.28. The Morgan fingerprint density at radius 2 is 1.93 bits per heavy atom. The molecule has 0 spiro atoms. The average molecular weight is 391 g/mol. The average Bonchev–Trinajstić information content (AvgIpc) is 3.23. The normalized spacial score (nSPS) is 11.0. The number of carbonyl (C=O) groups is 3. The molecule has 7 heteroatoms. The minimum absolute atomic E-state index is 0.0691. The molecule has 140 valence electrons. The number of benzene rings is 1. The van der Waals surface area contributed by atoms with Gasteiger partial charge in [0.25, 0.3) is 11.8 Å². The van der Waals surface area contributed by atoms with Gasteiger partial charge in [-0.3, -0.25) is 19.4 Å². The Bertz CT molecular complexity index is 1030. The van der Waals surface area contributed by atoms with E-state index in [0.717, 1.165) is 0 Å². The molecule has 3 aromatic rings. The van der Waals surface area contributed by atoms with E-state index in [-0.39, 0.29) is 17.4 Å². The molecule has 2 N–H and O–H groups in total. The molecule has 0 saturated carbocycles. The Kier molecular flexibility index (Phi) is 6.08. The Labute approximate surface area is 165 Å². The number of nitrogens with one attached hydrogen (secondary N) is 2. The van der Waals surface area contributed by atoms with Crippen molar-refractivity contribution in [3.05, 3.63) is 88.0 Å². The van der Waals surface area contributed by atoms with Gasteiger partial charge in [-0.25, -0.2) is 0 Å². The first-order chi connectivity index (χ1) is 13.5. The van der Waals surface area contributed by atoms with E-state index in [1.807, 2.05) is 0 Å². The van der Waals surface area contributed by atoms with Gasteiger partial charge in [0.15, 0.2) is 5.78 Å². The minimum Gasteiger partial charge on any atom is -0.321 e. The lowest BCUT2D eigenvalue weighted by atomic mass is 10.1. The second-order valence-electron chi connectivity index (χ2n) is 5.87. The maximum absolute atomic E-state index is 12.8. The topological polar surface area (TPSA) is 88.2 Å². The molecular formula is C21H17N3O3S. The van der Waals surface area contributed by atoms with Crippen molar-refractivity contribution in [3.8, 4) is 0 Å². The number of nitrogens with zero attached hydrogens (tertiary/aromatic N) is 1. The van der Waals surface area contributed by atoms with Crippen LogP contribution in [0.3, 0.4) is 0 Å². The van der Waals surface area contributed by atoms with Gasteiger partial charge in [-0.15, -0.1) is 11.3 Å². The summed E-state index contributed by atoms with van der Waals surface area (Å²) in [5.74, 6) is -0.986. The van der Waals surface area contributed by atoms with Crippen LogP contribution in [0.1, 0.15) is 32.5 Å². The molecule has 2 heterocycles. The fraction of sp³-hybridized carbons (Fsp3) is 0.0476. The van der Waals surface area contributed by atoms with Gasteiger partial charge < -0.3 is 10.6 Å². The highest BCUT2D eigenvalue weighted by Gasteiger charge is 2.16. The number of hydrogen-bond donors (Lipinski definition) is 2. The quantitative estimate of drug-likeness (QED) is 0.495. The van der Waals surface area contributed by atoms with Crippen LogP contribution in [-0.4, -0.2) is 22.6 Å². The second kappa shape index (κ2) is 8.88. The first-order valence-electron chi connectivity index (χ1n) is 8.42. The molecule has 2 aromatic heterocycles. The van der Waals surface area contributed by atoms with Gasteiger partial charge in [0.05, 0.1) is 4.88 Å². The summed E-state index contributed by atoms with van der Waals surface area (Å²) in [6.07, 6.45) is 4.75. The molecule has 0 bridgehead atoms. The fourth-order valence-corrected chi connectivity index (χ4v) is 3.01. The Morgan fingerprint density at radius 1 is 1.07 bits per heavy atom. The standard InChI is InChI=1S/C21H17N3O3S/c1-14(25)16-6-2-7-17(12-16)23-20(26)18(11-15-5-3-9-22-13-15)24-21(27)19-8-4-10-28-19/h2-13H,1H3,(H,23,26)(H,24,27)/b18-11-. The largest absolute Gasteiger partial charge is 0.321 e. The number of rotatable bonds is 6. The lowest BCUT2D eigenvalue weighted by Gasteiger charge is -2.11. The summed E-state index contributed by atoms with van der Waals surface area (Å²) in [6.45, 7) is 1.45. The van der Waals surface area contributed by atoms with E-state index < -0.39 is 5.91 Å². The third-order valence-corrected chi connectivity index (χ3v) is 4.63. The molecule has 1 aromatic carbocycles. The van der Waals surface area contributed by atoms with Crippen molar-refractivity contribution in [2.75, 3.05) is 5.32 Å². The molecule has 6 nitrogen and oxygen atoms in total. The number of amides is 2. The third-order valence-electron chi connectivity index (χ3n) is 3.76. The van der Waals surface area contributed by atoms with Gasteiger partial charge in [0, 0.05) is 23.6 Å². The zero-order valence-electron chi connectivity index (χ0n) is 15.0. The van der Waals surface area contributed by atoms with Gasteiger partial charge in [-0.2, -0.15) is 0 Å². The molecule has 0 aliphatic carbocycles. The number of hydrogen-bond acceptors (Lipinski definition) is 5. The van der Waals surface area contributed by atoms with Crippen LogP contribution in [-0.2, 0) is 4.79 Å². The van der Waals surface area contributed by atoms with Crippen LogP contribution >= 0.6 is 11.3 Å². The maximum Gasteiger partial charge on any atom is 0.272 e. The predicted octanol–water partition coefficient (Wildman–Crippen LogP) is 3.76. The Hall–Kier alpha value is -3.58. The van der Waals surface area contributed by atoms with Gasteiger partial charge in [0.2, 0.25) is 0 Å². The highest BCUT2D eigenvalue weighted by molar-refractivity contribution is 7.12. The van der Waals surface area contributed by atoms with E-state index in [9.17, 15) is 14.4 Å². The number of carbonyl (C=O) groups excluding carboxylic acids is 3. The number of ketones is 1. The van der Waals surface area contributed by atoms with Crippen molar-refractivity contribution in [2.45, 2.75) is 6.92 Å². The summed E-state index contributed by atoms with van der Waals surface area (Å²) in [5, 5.41) is 7.15. The molecule has 0 atom stereocenters. The zero-order valence-corrected chi connectivity index (χ0v) is 15.8. The van der Waals surface area contributed by atoms with Gasteiger partial charge in [0.1, 0.15) is 5.70 Å². The molecule has 3 rings (SSSR count). The number of pyridine rings is 1. The van der Waals surface area contributed by atoms with Crippen molar-refractivity contribution in [1.29, 1.82) is 0 Å². The van der Waals surface area contributed by atoms with E-state index in [0.29, 0.717) is 21.7 Å². The first kappa shape index (κ1) is 19.2. The summed E-state index contributed by atoms with van der Waals surface area (Å²) in [4.78, 5) is 41.3. The third kappa shape index (κ3) is 4.99. The smallest absolute Gasteiger partial charge is 0.272 e. The summed E-state index contributed by atoms with van der Waals surface area (Å²) in [7, 11) is 0. The molecular weight excluding hydrogens is 374 g/mol. The van der Waals surface area contributed by atoms with Crippen molar-refractivity contribution < 1.29 is 14.4 Å². The van der Waals surface area contributed by atoms with Crippen LogP contribution in [0.2, 0.25) is 0 Å². The first-order valence-corrected chi connectivity index (χ1v) is 9.30. The molecule has 0 radical (unpaired) electrons. The van der Waals surface area contributed by atoms with Crippen molar-refractivity contribution in [1.82, 2.24) is 10.3 Å². The van der Waals surface area contributed by atoms with E-state index >= 15 is 0 Å². The molecule has 0 aliphatic rings. The van der Waals surface area contributed by atoms with Crippen LogP contribution in [0, 0.1) is 0 Å². The molecule has 2 amide bonds. The van der Waals surface area contributed by atoms with Crippen molar-refractivity contribution >= 4 is 40.7 Å². The fourth-order valence-electron chi connectivity index (χ4n) is 2.39. The number of Topliss-reactive ketones (excluding diaryl/α,β-unsaturated/α-hetero) is 1. The summed E-state index contributed by atoms with van der Waals surface area (Å²) in [5.41, 5.74) is 1.68. The molecule has 0 saturated heterocycles. The summed E-state index contributed by atoms with van der Waals surface area (Å²) < 4.78 is 0. The summed E-state index contributed by atoms with van der Waals surface area (Å²) in [6, 6.07) is 13.6. The minimum atomic E-state index is -0.505. The van der Waals surface area contributed by atoms with Gasteiger partial charge in [-0.05, 0) is 48.2 Å². The van der Waals surface area contributed by atoms with Crippen LogP contribution in [0.15, 0.2) is 72.0 Å². The number of thiophene rings is 1. The Morgan fingerprint density at radius 3 is 2.61 bits per heavy atom. The molecule has 0 aliphatic heterocycles. The maximum atomic E-state index is 12.8. The van der Waals surface area contributed by atoms with E-state index in [4.69, 9.17) is 0 Å². The molecule has 28 heavy (non-hydrogen) atoms. The van der Waals surface area contributed by atoms with Gasteiger partial charge in [-0.1, -0.05) is 24.3 Å². The van der Waals surface area contributed by atoms with E-state index in [1.165, 1.54) is 18.3 Å². The van der Waals surface area contributed by atoms with Crippen molar-refractivity contribution in [3.63, 3.8) is 0 Å². The number of aromatic nitrogens is 1. The van der Waals surface area contributed by atoms with Crippen LogP contribution in [0.25, 0.3) is 6.08 Å². The van der Waals surface area contributed by atoms with Crippen LogP contribution in [0.5, 0.6) is 0 Å². The van der Waals surface area contributed by atoms with E-state index in [2.05, 4.69) is 15.6 Å². The molecule has 0 unspecified atom stereocenters. The highest BCUT2D eigenvalue weighted by Crippen LogP contribution is 2.14. The van der Waals surface area contributed by atoms with Gasteiger partial charge >= 0.3 is 0 Å². The van der Waals surface area contributed by atoms with Crippen LogP contribution in [0.4, 0.5) is 5.69 Å². The lowest BCUT2D eigenvalue weighted by molar-refractivity contribution is -0.113. The highest BCUT2D eigenvalue weighted by atomic mass is 32.1. The number of anilines is 1. The molecule has 0 fully saturated rings. The zero-order chi connectivity index (χ0) is 19.9.